The van der Waals surface area contributed by atoms with Crippen molar-refractivity contribution in [1.29, 1.82) is 0 Å². The maximum absolute atomic E-state index is 12.3. The molecule has 26 heavy (non-hydrogen) atoms. The molecule has 0 aromatic heterocycles. The first-order valence-electron chi connectivity index (χ1n) is 9.27. The SMILES string of the molecule is CC(C)c1ccc(OCC(=O)N[C@@H](C)c2ccc3c(c2)CCC3)c(Br)c1. The van der Waals surface area contributed by atoms with E-state index < -0.39 is 0 Å². The number of hydrogen-bond donors (Lipinski definition) is 1. The Bertz CT molecular complexity index is 801. The van der Waals surface area contributed by atoms with Crippen LogP contribution in [0.4, 0.5) is 0 Å². The van der Waals surface area contributed by atoms with Gasteiger partial charge in [0.1, 0.15) is 5.75 Å². The van der Waals surface area contributed by atoms with E-state index in [1.165, 1.54) is 29.5 Å². The summed E-state index contributed by atoms with van der Waals surface area (Å²) in [7, 11) is 0. The van der Waals surface area contributed by atoms with Crippen molar-refractivity contribution in [2.45, 2.75) is 52.0 Å². The van der Waals surface area contributed by atoms with Crippen LogP contribution in [0.25, 0.3) is 0 Å². The van der Waals surface area contributed by atoms with Gasteiger partial charge in [0.2, 0.25) is 0 Å². The van der Waals surface area contributed by atoms with Crippen molar-refractivity contribution in [1.82, 2.24) is 5.32 Å². The van der Waals surface area contributed by atoms with Crippen LogP contribution in [0.15, 0.2) is 40.9 Å². The molecule has 3 nitrogen and oxygen atoms in total. The van der Waals surface area contributed by atoms with E-state index in [4.69, 9.17) is 4.74 Å². The van der Waals surface area contributed by atoms with E-state index in [1.807, 2.05) is 25.1 Å². The molecular formula is C22H26BrNO2. The zero-order valence-electron chi connectivity index (χ0n) is 15.6. The number of benzene rings is 2. The van der Waals surface area contributed by atoms with E-state index in [1.54, 1.807) is 0 Å². The average molecular weight is 416 g/mol. The molecule has 2 aromatic rings. The predicted octanol–water partition coefficient (Wildman–Crippen LogP) is 5.32. The molecule has 1 aliphatic carbocycles. The number of aryl methyl sites for hydroxylation is 2. The van der Waals surface area contributed by atoms with Gasteiger partial charge in [-0.1, -0.05) is 38.1 Å². The largest absolute Gasteiger partial charge is 0.483 e. The van der Waals surface area contributed by atoms with Gasteiger partial charge >= 0.3 is 0 Å². The first-order valence-corrected chi connectivity index (χ1v) is 10.1. The Morgan fingerprint density at radius 2 is 1.81 bits per heavy atom. The number of carbonyl (C=O) groups is 1. The number of halogens is 1. The molecule has 4 heteroatoms. The fraction of sp³-hybridized carbons (Fsp3) is 0.409. The van der Waals surface area contributed by atoms with Gasteiger partial charge in [0, 0.05) is 0 Å². The Morgan fingerprint density at radius 3 is 2.54 bits per heavy atom. The highest BCUT2D eigenvalue weighted by Gasteiger charge is 2.15. The molecule has 1 N–H and O–H groups in total. The first-order chi connectivity index (χ1) is 12.4. The van der Waals surface area contributed by atoms with Crippen molar-refractivity contribution in [3.63, 3.8) is 0 Å². The normalized spacial score (nSPS) is 14.2. The van der Waals surface area contributed by atoms with Gasteiger partial charge in [0.15, 0.2) is 6.61 Å². The second-order valence-corrected chi connectivity index (χ2v) is 8.16. The second-order valence-electron chi connectivity index (χ2n) is 7.30. The molecule has 138 valence electrons. The van der Waals surface area contributed by atoms with Crippen LogP contribution in [0, 0.1) is 0 Å². The molecule has 2 aromatic carbocycles. The Kier molecular flexibility index (Phi) is 6.02. The van der Waals surface area contributed by atoms with Gasteiger partial charge in [-0.3, -0.25) is 4.79 Å². The number of nitrogens with one attached hydrogen (secondary N) is 1. The average Bonchev–Trinajstić information content (AvgIpc) is 3.08. The third-order valence-electron chi connectivity index (χ3n) is 4.98. The molecule has 0 spiro atoms. The molecular weight excluding hydrogens is 390 g/mol. The van der Waals surface area contributed by atoms with Crippen LogP contribution in [0.1, 0.15) is 61.4 Å². The lowest BCUT2D eigenvalue weighted by atomic mass is 10.0. The van der Waals surface area contributed by atoms with E-state index in [2.05, 4.69) is 53.3 Å². The highest BCUT2D eigenvalue weighted by Crippen LogP contribution is 2.29. The van der Waals surface area contributed by atoms with E-state index in [-0.39, 0.29) is 18.6 Å². The van der Waals surface area contributed by atoms with E-state index in [9.17, 15) is 4.79 Å². The number of amides is 1. The summed E-state index contributed by atoms with van der Waals surface area (Å²) < 4.78 is 6.56. The second kappa shape index (κ2) is 8.26. The number of fused-ring (bicyclic) bond motifs is 1. The quantitative estimate of drug-likeness (QED) is 0.693. The topological polar surface area (TPSA) is 38.3 Å². The number of ether oxygens (including phenoxy) is 1. The zero-order chi connectivity index (χ0) is 18.7. The van der Waals surface area contributed by atoms with E-state index in [0.717, 1.165) is 16.5 Å². The minimum Gasteiger partial charge on any atom is -0.483 e. The van der Waals surface area contributed by atoms with Crippen LogP contribution in [-0.2, 0) is 17.6 Å². The van der Waals surface area contributed by atoms with Crippen LogP contribution < -0.4 is 10.1 Å². The first kappa shape index (κ1) is 19.0. The van der Waals surface area contributed by atoms with E-state index >= 15 is 0 Å². The summed E-state index contributed by atoms with van der Waals surface area (Å²) in [5.41, 5.74) is 5.26. The summed E-state index contributed by atoms with van der Waals surface area (Å²) in [6.45, 7) is 6.32. The highest BCUT2D eigenvalue weighted by molar-refractivity contribution is 9.10. The van der Waals surface area contributed by atoms with Crippen molar-refractivity contribution >= 4 is 21.8 Å². The van der Waals surface area contributed by atoms with Gasteiger partial charge in [0.25, 0.3) is 5.91 Å². The summed E-state index contributed by atoms with van der Waals surface area (Å²) in [4.78, 5) is 12.3. The Hall–Kier alpha value is -1.81. The van der Waals surface area contributed by atoms with Crippen molar-refractivity contribution in [2.24, 2.45) is 0 Å². The Balaban J connectivity index is 1.55. The molecule has 0 saturated carbocycles. The zero-order valence-corrected chi connectivity index (χ0v) is 17.2. The summed E-state index contributed by atoms with van der Waals surface area (Å²) in [5.74, 6) is 1.03. The van der Waals surface area contributed by atoms with Gasteiger partial charge in [-0.15, -0.1) is 0 Å². The molecule has 1 amide bonds. The summed E-state index contributed by atoms with van der Waals surface area (Å²) in [6, 6.07) is 12.5. The molecule has 1 aliphatic rings. The molecule has 0 aliphatic heterocycles. The molecule has 0 radical (unpaired) electrons. The minimum absolute atomic E-state index is 0.00884. The van der Waals surface area contributed by atoms with Crippen molar-refractivity contribution in [3.05, 3.63) is 63.1 Å². The van der Waals surface area contributed by atoms with Gasteiger partial charge in [-0.05, 0) is 82.4 Å². The summed E-state index contributed by atoms with van der Waals surface area (Å²) in [6.07, 6.45) is 3.56. The smallest absolute Gasteiger partial charge is 0.258 e. The molecule has 0 fully saturated rings. The Morgan fingerprint density at radius 1 is 1.08 bits per heavy atom. The van der Waals surface area contributed by atoms with Crippen LogP contribution >= 0.6 is 15.9 Å². The van der Waals surface area contributed by atoms with Crippen molar-refractivity contribution in [2.75, 3.05) is 6.61 Å². The number of hydrogen-bond acceptors (Lipinski definition) is 2. The third kappa shape index (κ3) is 4.47. The van der Waals surface area contributed by atoms with Crippen molar-refractivity contribution < 1.29 is 9.53 Å². The fourth-order valence-corrected chi connectivity index (χ4v) is 3.88. The standard InChI is InChI=1S/C22H26BrNO2/c1-14(2)17-9-10-21(20(23)12-17)26-13-22(25)24-15(3)18-8-7-16-5-4-6-19(16)11-18/h7-12,14-15H,4-6,13H2,1-3H3,(H,24,25)/t15-/m0/s1. The van der Waals surface area contributed by atoms with Gasteiger partial charge < -0.3 is 10.1 Å². The predicted molar refractivity (Wildman–Crippen MR) is 109 cm³/mol. The minimum atomic E-state index is -0.113. The molecule has 0 heterocycles. The van der Waals surface area contributed by atoms with Gasteiger partial charge in [0.05, 0.1) is 10.5 Å². The molecule has 1 atom stereocenters. The lowest BCUT2D eigenvalue weighted by Crippen LogP contribution is -2.31. The maximum Gasteiger partial charge on any atom is 0.258 e. The summed E-state index contributed by atoms with van der Waals surface area (Å²) >= 11 is 3.52. The van der Waals surface area contributed by atoms with Crippen LogP contribution in [0.5, 0.6) is 5.75 Å². The molecule has 0 saturated heterocycles. The third-order valence-corrected chi connectivity index (χ3v) is 5.60. The van der Waals surface area contributed by atoms with Crippen LogP contribution in [-0.4, -0.2) is 12.5 Å². The van der Waals surface area contributed by atoms with Gasteiger partial charge in [-0.2, -0.15) is 0 Å². The highest BCUT2D eigenvalue weighted by atomic mass is 79.9. The van der Waals surface area contributed by atoms with Crippen LogP contribution in [0.3, 0.4) is 0 Å². The molecule has 0 bridgehead atoms. The number of rotatable bonds is 6. The monoisotopic (exact) mass is 415 g/mol. The fourth-order valence-electron chi connectivity index (χ4n) is 3.36. The number of carbonyl (C=O) groups excluding carboxylic acids is 1. The van der Waals surface area contributed by atoms with Crippen LogP contribution in [0.2, 0.25) is 0 Å². The summed E-state index contributed by atoms with van der Waals surface area (Å²) in [5, 5.41) is 3.03. The maximum atomic E-state index is 12.3. The van der Waals surface area contributed by atoms with Crippen molar-refractivity contribution in [3.8, 4) is 5.75 Å². The van der Waals surface area contributed by atoms with Gasteiger partial charge in [-0.25, -0.2) is 0 Å². The van der Waals surface area contributed by atoms with E-state index in [0.29, 0.717) is 11.7 Å². The lowest BCUT2D eigenvalue weighted by Gasteiger charge is -2.16. The Labute approximate surface area is 164 Å². The lowest BCUT2D eigenvalue weighted by molar-refractivity contribution is -0.123. The molecule has 0 unspecified atom stereocenters. The molecule has 3 rings (SSSR count).